The average molecular weight is 450 g/mol. The third-order valence-corrected chi connectivity index (χ3v) is 5.11. The van der Waals surface area contributed by atoms with Crippen LogP contribution in [0.15, 0.2) is 84.9 Å². The van der Waals surface area contributed by atoms with Gasteiger partial charge in [0.25, 0.3) is 11.8 Å². The van der Waals surface area contributed by atoms with E-state index >= 15 is 0 Å². The molecule has 0 aliphatic heterocycles. The molecule has 0 bridgehead atoms. The second-order valence-electron chi connectivity index (χ2n) is 7.09. The number of carbonyl (C=O) groups excluding carboxylic acids is 3. The number of nitrogens with one attached hydrogen (secondary N) is 3. The van der Waals surface area contributed by atoms with Crippen LogP contribution < -0.4 is 16.0 Å². The lowest BCUT2D eigenvalue weighted by Gasteiger charge is -2.19. The van der Waals surface area contributed by atoms with Crippen molar-refractivity contribution in [1.29, 1.82) is 0 Å². The molecule has 0 heterocycles. The highest BCUT2D eigenvalue weighted by atomic mass is 35.5. The number of hydrogen-bond donors (Lipinski definition) is 3. The zero-order chi connectivity index (χ0) is 22.8. The third kappa shape index (κ3) is 6.68. The summed E-state index contributed by atoms with van der Waals surface area (Å²) in [6, 6.07) is 24.4. The summed E-state index contributed by atoms with van der Waals surface area (Å²) in [4.78, 5) is 37.3. The molecule has 0 spiro atoms. The van der Waals surface area contributed by atoms with Crippen molar-refractivity contribution in [3.63, 3.8) is 0 Å². The van der Waals surface area contributed by atoms with Crippen LogP contribution in [0, 0.1) is 0 Å². The lowest BCUT2D eigenvalue weighted by atomic mass is 10.0. The van der Waals surface area contributed by atoms with E-state index in [1.807, 2.05) is 36.4 Å². The van der Waals surface area contributed by atoms with Crippen LogP contribution in [-0.4, -0.2) is 30.8 Å². The van der Waals surface area contributed by atoms with Crippen molar-refractivity contribution >= 4 is 29.3 Å². The standard InChI is InChI=1S/C25H24ClN3O3/c26-21-14-8-7-13-20(21)25(32)29-22(18-9-3-1-4-10-18)17-23(30)27-15-16-28-24(31)19-11-5-2-6-12-19/h1-14,22H,15-17H2,(H,27,30)(H,28,31)(H,29,32). The van der Waals surface area contributed by atoms with Gasteiger partial charge < -0.3 is 16.0 Å². The topological polar surface area (TPSA) is 87.3 Å². The molecule has 3 aromatic carbocycles. The molecule has 3 N–H and O–H groups in total. The summed E-state index contributed by atoms with van der Waals surface area (Å²) in [5.74, 6) is -0.798. The Morgan fingerprint density at radius 1 is 0.719 bits per heavy atom. The Kier molecular flexibility index (Phi) is 8.40. The first-order chi connectivity index (χ1) is 15.5. The van der Waals surface area contributed by atoms with Gasteiger partial charge in [0.1, 0.15) is 0 Å². The summed E-state index contributed by atoms with van der Waals surface area (Å²) in [7, 11) is 0. The maximum atomic E-state index is 12.7. The first-order valence-electron chi connectivity index (χ1n) is 10.2. The first kappa shape index (κ1) is 23.0. The highest BCUT2D eigenvalue weighted by Gasteiger charge is 2.20. The van der Waals surface area contributed by atoms with Gasteiger partial charge in [0.05, 0.1) is 23.0 Å². The Labute approximate surface area is 192 Å². The Balaban J connectivity index is 1.55. The molecule has 3 rings (SSSR count). The third-order valence-electron chi connectivity index (χ3n) is 4.78. The Morgan fingerprint density at radius 3 is 2.00 bits per heavy atom. The van der Waals surface area contributed by atoms with Crippen molar-refractivity contribution in [3.8, 4) is 0 Å². The summed E-state index contributed by atoms with van der Waals surface area (Å²) in [6.07, 6.45) is 0.0485. The van der Waals surface area contributed by atoms with E-state index in [0.717, 1.165) is 5.56 Å². The molecule has 0 aromatic heterocycles. The molecule has 0 saturated carbocycles. The minimum absolute atomic E-state index is 0.0485. The molecule has 1 unspecified atom stereocenters. The van der Waals surface area contributed by atoms with Gasteiger partial charge >= 0.3 is 0 Å². The van der Waals surface area contributed by atoms with E-state index in [0.29, 0.717) is 22.7 Å². The summed E-state index contributed by atoms with van der Waals surface area (Å²) >= 11 is 6.13. The van der Waals surface area contributed by atoms with Crippen LogP contribution in [0.4, 0.5) is 0 Å². The summed E-state index contributed by atoms with van der Waals surface area (Å²) in [6.45, 7) is 0.568. The van der Waals surface area contributed by atoms with Crippen LogP contribution in [-0.2, 0) is 4.79 Å². The molecule has 0 radical (unpaired) electrons. The van der Waals surface area contributed by atoms with Crippen molar-refractivity contribution in [2.75, 3.05) is 13.1 Å². The Hall–Kier alpha value is -3.64. The molecule has 7 heteroatoms. The van der Waals surface area contributed by atoms with Gasteiger partial charge in [-0.1, -0.05) is 72.3 Å². The molecule has 0 aliphatic carbocycles. The van der Waals surface area contributed by atoms with Crippen molar-refractivity contribution in [3.05, 3.63) is 107 Å². The van der Waals surface area contributed by atoms with Gasteiger partial charge in [0.2, 0.25) is 5.91 Å². The highest BCUT2D eigenvalue weighted by Crippen LogP contribution is 2.20. The number of benzene rings is 3. The Bertz CT molecular complexity index is 1060. The van der Waals surface area contributed by atoms with Crippen LogP contribution >= 0.6 is 11.6 Å². The predicted octanol–water partition coefficient (Wildman–Crippen LogP) is 3.75. The second kappa shape index (κ2) is 11.7. The van der Waals surface area contributed by atoms with Crippen LogP contribution in [0.1, 0.15) is 38.7 Å². The Morgan fingerprint density at radius 2 is 1.31 bits per heavy atom. The number of hydrogen-bond acceptors (Lipinski definition) is 3. The lowest BCUT2D eigenvalue weighted by molar-refractivity contribution is -0.121. The smallest absolute Gasteiger partial charge is 0.253 e. The van der Waals surface area contributed by atoms with Gasteiger partial charge in [0, 0.05) is 18.7 Å². The van der Waals surface area contributed by atoms with E-state index < -0.39 is 6.04 Å². The maximum absolute atomic E-state index is 12.7. The monoisotopic (exact) mass is 449 g/mol. The predicted molar refractivity (Wildman–Crippen MR) is 125 cm³/mol. The molecular weight excluding hydrogens is 426 g/mol. The largest absolute Gasteiger partial charge is 0.354 e. The number of amides is 3. The van der Waals surface area contributed by atoms with E-state index in [-0.39, 0.29) is 30.7 Å². The van der Waals surface area contributed by atoms with E-state index in [2.05, 4.69) is 16.0 Å². The molecule has 164 valence electrons. The summed E-state index contributed by atoms with van der Waals surface area (Å²) < 4.78 is 0. The highest BCUT2D eigenvalue weighted by molar-refractivity contribution is 6.33. The van der Waals surface area contributed by atoms with Crippen molar-refractivity contribution in [2.24, 2.45) is 0 Å². The van der Waals surface area contributed by atoms with Gasteiger partial charge in [-0.05, 0) is 29.8 Å². The zero-order valence-electron chi connectivity index (χ0n) is 17.4. The average Bonchev–Trinajstić information content (AvgIpc) is 2.82. The molecule has 1 atom stereocenters. The van der Waals surface area contributed by atoms with Gasteiger partial charge in [-0.2, -0.15) is 0 Å². The molecular formula is C25H24ClN3O3. The van der Waals surface area contributed by atoms with Crippen LogP contribution in [0.25, 0.3) is 0 Å². The van der Waals surface area contributed by atoms with Gasteiger partial charge in [-0.15, -0.1) is 0 Å². The normalized spacial score (nSPS) is 11.3. The molecule has 3 aromatic rings. The molecule has 6 nitrogen and oxygen atoms in total. The maximum Gasteiger partial charge on any atom is 0.253 e. The van der Waals surface area contributed by atoms with Gasteiger partial charge in [0.15, 0.2) is 0 Å². The van der Waals surface area contributed by atoms with Gasteiger partial charge in [-0.25, -0.2) is 0 Å². The van der Waals surface area contributed by atoms with Crippen LogP contribution in [0.3, 0.4) is 0 Å². The SMILES string of the molecule is O=C(CC(NC(=O)c1ccccc1Cl)c1ccccc1)NCCNC(=O)c1ccccc1. The number of carbonyl (C=O) groups is 3. The molecule has 0 saturated heterocycles. The molecule has 32 heavy (non-hydrogen) atoms. The molecule has 3 amide bonds. The van der Waals surface area contributed by atoms with Crippen molar-refractivity contribution in [1.82, 2.24) is 16.0 Å². The van der Waals surface area contributed by atoms with E-state index in [4.69, 9.17) is 11.6 Å². The number of rotatable bonds is 9. The quantitative estimate of drug-likeness (QED) is 0.435. The zero-order valence-corrected chi connectivity index (χ0v) is 18.1. The van der Waals surface area contributed by atoms with Gasteiger partial charge in [-0.3, -0.25) is 14.4 Å². The minimum atomic E-state index is -0.529. The van der Waals surface area contributed by atoms with Crippen LogP contribution in [0.2, 0.25) is 5.02 Å². The fourth-order valence-corrected chi connectivity index (χ4v) is 3.37. The fourth-order valence-electron chi connectivity index (χ4n) is 3.15. The summed E-state index contributed by atoms with van der Waals surface area (Å²) in [5, 5.41) is 8.78. The lowest BCUT2D eigenvalue weighted by Crippen LogP contribution is -2.37. The molecule has 0 fully saturated rings. The number of halogens is 1. The summed E-state index contributed by atoms with van der Waals surface area (Å²) in [5.41, 5.74) is 1.71. The minimum Gasteiger partial charge on any atom is -0.354 e. The van der Waals surface area contributed by atoms with E-state index in [1.54, 1.807) is 48.5 Å². The van der Waals surface area contributed by atoms with E-state index in [1.165, 1.54) is 0 Å². The van der Waals surface area contributed by atoms with Crippen molar-refractivity contribution in [2.45, 2.75) is 12.5 Å². The van der Waals surface area contributed by atoms with E-state index in [9.17, 15) is 14.4 Å². The fraction of sp³-hybridized carbons (Fsp3) is 0.160. The first-order valence-corrected chi connectivity index (χ1v) is 10.6. The van der Waals surface area contributed by atoms with Crippen molar-refractivity contribution < 1.29 is 14.4 Å². The second-order valence-corrected chi connectivity index (χ2v) is 7.50. The molecule has 0 aliphatic rings. The van der Waals surface area contributed by atoms with Crippen LogP contribution in [0.5, 0.6) is 0 Å².